The first-order valence-electron chi connectivity index (χ1n) is 5.35. The van der Waals surface area contributed by atoms with Crippen LogP contribution in [0.25, 0.3) is 0 Å². The van der Waals surface area contributed by atoms with E-state index in [9.17, 15) is 13.9 Å². The summed E-state index contributed by atoms with van der Waals surface area (Å²) in [7, 11) is 0. The first-order valence-corrected chi connectivity index (χ1v) is 5.35. The summed E-state index contributed by atoms with van der Waals surface area (Å²) in [6, 6.07) is 2.57. The molecule has 0 bridgehead atoms. The third-order valence-corrected chi connectivity index (χ3v) is 2.46. The minimum absolute atomic E-state index is 0.179. The van der Waals surface area contributed by atoms with E-state index < -0.39 is 17.7 Å². The second kappa shape index (κ2) is 4.50. The third-order valence-electron chi connectivity index (χ3n) is 2.46. The molecule has 1 rings (SSSR count). The van der Waals surface area contributed by atoms with E-state index in [2.05, 4.69) is 0 Å². The summed E-state index contributed by atoms with van der Waals surface area (Å²) in [4.78, 5) is 0. The minimum Gasteiger partial charge on any atom is -0.388 e. The van der Waals surface area contributed by atoms with Gasteiger partial charge in [0.05, 0.1) is 11.7 Å². The van der Waals surface area contributed by atoms with Crippen LogP contribution in [0.3, 0.4) is 0 Å². The lowest BCUT2D eigenvalue weighted by molar-refractivity contribution is 0.115. The quantitative estimate of drug-likeness (QED) is 0.817. The topological polar surface area (TPSA) is 20.2 Å². The van der Waals surface area contributed by atoms with Crippen molar-refractivity contribution < 1.29 is 13.9 Å². The van der Waals surface area contributed by atoms with Gasteiger partial charge < -0.3 is 5.11 Å². The molecule has 1 N–H and O–H groups in total. The Morgan fingerprint density at radius 2 is 1.81 bits per heavy atom. The SMILES string of the molecule is Cc1ccc(F)c(C(O)CC(C)(C)C)c1F. The summed E-state index contributed by atoms with van der Waals surface area (Å²) < 4.78 is 27.1. The largest absolute Gasteiger partial charge is 0.388 e. The summed E-state index contributed by atoms with van der Waals surface area (Å²) in [5, 5.41) is 9.86. The molecule has 0 amide bonds. The van der Waals surface area contributed by atoms with Gasteiger partial charge in [0.1, 0.15) is 11.6 Å². The first-order chi connectivity index (χ1) is 7.22. The van der Waals surface area contributed by atoms with Crippen LogP contribution in [0.1, 0.15) is 44.4 Å². The average molecular weight is 228 g/mol. The van der Waals surface area contributed by atoms with E-state index in [0.717, 1.165) is 0 Å². The van der Waals surface area contributed by atoms with Crippen molar-refractivity contribution in [1.82, 2.24) is 0 Å². The van der Waals surface area contributed by atoms with E-state index in [1.165, 1.54) is 12.1 Å². The molecule has 3 heteroatoms. The summed E-state index contributed by atoms with van der Waals surface area (Å²) >= 11 is 0. The van der Waals surface area contributed by atoms with E-state index >= 15 is 0 Å². The van der Waals surface area contributed by atoms with Crippen molar-refractivity contribution in [3.05, 3.63) is 34.9 Å². The van der Waals surface area contributed by atoms with Gasteiger partial charge in [0.15, 0.2) is 0 Å². The molecule has 1 aromatic rings. The Bertz CT molecular complexity index is 380. The molecule has 0 saturated heterocycles. The van der Waals surface area contributed by atoms with Gasteiger partial charge in [-0.05, 0) is 30.4 Å². The van der Waals surface area contributed by atoms with Crippen molar-refractivity contribution in [2.45, 2.75) is 40.2 Å². The van der Waals surface area contributed by atoms with Crippen LogP contribution in [0.5, 0.6) is 0 Å². The second-order valence-corrected chi connectivity index (χ2v) is 5.37. The van der Waals surface area contributed by atoms with Crippen LogP contribution in [0.4, 0.5) is 8.78 Å². The van der Waals surface area contributed by atoms with Gasteiger partial charge in [0.25, 0.3) is 0 Å². The zero-order valence-corrected chi connectivity index (χ0v) is 10.1. The smallest absolute Gasteiger partial charge is 0.134 e. The van der Waals surface area contributed by atoms with Crippen molar-refractivity contribution in [2.24, 2.45) is 5.41 Å². The molecule has 1 unspecified atom stereocenters. The molecular formula is C13H18F2O. The maximum atomic E-state index is 13.7. The Kier molecular flexibility index (Phi) is 3.68. The van der Waals surface area contributed by atoms with Crippen LogP contribution in [0, 0.1) is 24.0 Å². The predicted octanol–water partition coefficient (Wildman–Crippen LogP) is 3.74. The molecular weight excluding hydrogens is 210 g/mol. The van der Waals surface area contributed by atoms with E-state index in [-0.39, 0.29) is 11.0 Å². The summed E-state index contributed by atoms with van der Waals surface area (Å²) in [5.41, 5.74) is -0.0403. The van der Waals surface area contributed by atoms with Crippen LogP contribution in [0.15, 0.2) is 12.1 Å². The van der Waals surface area contributed by atoms with E-state index in [0.29, 0.717) is 12.0 Å². The molecule has 0 radical (unpaired) electrons. The third kappa shape index (κ3) is 3.01. The van der Waals surface area contributed by atoms with Crippen molar-refractivity contribution in [2.75, 3.05) is 0 Å². The molecule has 0 aliphatic carbocycles. The molecule has 16 heavy (non-hydrogen) atoms. The van der Waals surface area contributed by atoms with Crippen LogP contribution in [-0.2, 0) is 0 Å². The van der Waals surface area contributed by atoms with Gasteiger partial charge in [-0.3, -0.25) is 0 Å². The molecule has 1 atom stereocenters. The fourth-order valence-electron chi connectivity index (χ4n) is 1.67. The van der Waals surface area contributed by atoms with Gasteiger partial charge in [-0.25, -0.2) is 8.78 Å². The summed E-state index contributed by atoms with van der Waals surface area (Å²) in [6.07, 6.45) is -0.774. The van der Waals surface area contributed by atoms with Gasteiger partial charge >= 0.3 is 0 Å². The number of rotatable bonds is 2. The van der Waals surface area contributed by atoms with Gasteiger partial charge in [0.2, 0.25) is 0 Å². The molecule has 0 saturated carbocycles. The van der Waals surface area contributed by atoms with Crippen LogP contribution in [-0.4, -0.2) is 5.11 Å². The lowest BCUT2D eigenvalue weighted by Crippen LogP contribution is -2.14. The zero-order valence-electron chi connectivity index (χ0n) is 10.1. The number of hydrogen-bond acceptors (Lipinski definition) is 1. The summed E-state index contributed by atoms with van der Waals surface area (Å²) in [5.74, 6) is -1.32. The van der Waals surface area contributed by atoms with Gasteiger partial charge in [-0.2, -0.15) is 0 Å². The predicted molar refractivity (Wildman–Crippen MR) is 60.1 cm³/mol. The van der Waals surface area contributed by atoms with Crippen molar-refractivity contribution in [3.8, 4) is 0 Å². The van der Waals surface area contributed by atoms with Crippen molar-refractivity contribution in [1.29, 1.82) is 0 Å². The van der Waals surface area contributed by atoms with Crippen molar-refractivity contribution >= 4 is 0 Å². The highest BCUT2D eigenvalue weighted by Gasteiger charge is 2.24. The first kappa shape index (κ1) is 13.1. The van der Waals surface area contributed by atoms with E-state index in [1.54, 1.807) is 6.92 Å². The Balaban J connectivity index is 3.08. The normalized spacial score (nSPS) is 13.9. The molecule has 1 aromatic carbocycles. The summed E-state index contributed by atoms with van der Waals surface area (Å²) in [6.45, 7) is 7.31. The molecule has 90 valence electrons. The monoisotopic (exact) mass is 228 g/mol. The molecule has 0 fully saturated rings. The average Bonchev–Trinajstić information content (AvgIpc) is 2.09. The molecule has 0 aliphatic heterocycles. The standard InChI is InChI=1S/C13H18F2O/c1-8-5-6-9(14)11(12(8)15)10(16)7-13(2,3)4/h5-6,10,16H,7H2,1-4H3. The number of aryl methyl sites for hydroxylation is 1. The lowest BCUT2D eigenvalue weighted by atomic mass is 9.86. The number of benzene rings is 1. The second-order valence-electron chi connectivity index (χ2n) is 5.37. The molecule has 1 nitrogen and oxygen atoms in total. The number of hydrogen-bond donors (Lipinski definition) is 1. The molecule has 0 heterocycles. The number of aliphatic hydroxyl groups excluding tert-OH is 1. The Hall–Kier alpha value is -0.960. The van der Waals surface area contributed by atoms with Crippen LogP contribution >= 0.6 is 0 Å². The number of halogens is 2. The Morgan fingerprint density at radius 3 is 2.31 bits per heavy atom. The molecule has 0 spiro atoms. The van der Waals surface area contributed by atoms with Crippen LogP contribution < -0.4 is 0 Å². The van der Waals surface area contributed by atoms with Crippen molar-refractivity contribution in [3.63, 3.8) is 0 Å². The maximum absolute atomic E-state index is 13.7. The molecule has 0 aliphatic rings. The van der Waals surface area contributed by atoms with E-state index in [1.807, 2.05) is 20.8 Å². The van der Waals surface area contributed by atoms with E-state index in [4.69, 9.17) is 0 Å². The zero-order chi connectivity index (χ0) is 12.5. The Morgan fingerprint density at radius 1 is 1.25 bits per heavy atom. The number of aliphatic hydroxyl groups is 1. The maximum Gasteiger partial charge on any atom is 0.134 e. The fraction of sp³-hybridized carbons (Fsp3) is 0.538. The highest BCUT2D eigenvalue weighted by Crippen LogP contribution is 2.32. The van der Waals surface area contributed by atoms with Gasteiger partial charge in [0, 0.05) is 0 Å². The van der Waals surface area contributed by atoms with Crippen LogP contribution in [0.2, 0.25) is 0 Å². The van der Waals surface area contributed by atoms with Gasteiger partial charge in [-0.1, -0.05) is 26.8 Å². The van der Waals surface area contributed by atoms with Gasteiger partial charge in [-0.15, -0.1) is 0 Å². The highest BCUT2D eigenvalue weighted by atomic mass is 19.1. The Labute approximate surface area is 95.1 Å². The highest BCUT2D eigenvalue weighted by molar-refractivity contribution is 5.28. The molecule has 0 aromatic heterocycles. The minimum atomic E-state index is -1.10. The lowest BCUT2D eigenvalue weighted by Gasteiger charge is -2.23. The fourth-order valence-corrected chi connectivity index (χ4v) is 1.67.